The van der Waals surface area contributed by atoms with Crippen molar-refractivity contribution in [2.75, 3.05) is 25.1 Å². The fraction of sp³-hybridized carbons (Fsp3) is 0.529. The van der Waals surface area contributed by atoms with Crippen molar-refractivity contribution in [2.24, 2.45) is 0 Å². The van der Waals surface area contributed by atoms with Crippen LogP contribution in [0.2, 0.25) is 0 Å². The zero-order chi connectivity index (χ0) is 17.8. The molecule has 1 N–H and O–H groups in total. The number of nitrogens with one attached hydrogen (secondary N) is 1. The van der Waals surface area contributed by atoms with Crippen LogP contribution in [-0.4, -0.2) is 46.6 Å². The minimum Gasteiger partial charge on any atom is -0.462 e. The van der Waals surface area contributed by atoms with Crippen molar-refractivity contribution in [2.45, 2.75) is 39.3 Å². The topological polar surface area (TPSA) is 102 Å². The van der Waals surface area contributed by atoms with E-state index in [1.165, 1.54) is 0 Å². The molecule has 2 aromatic heterocycles. The first-order chi connectivity index (χ1) is 12.2. The number of hydrogen-bond donors (Lipinski definition) is 1. The highest BCUT2D eigenvalue weighted by molar-refractivity contribution is 6.06. The van der Waals surface area contributed by atoms with Crippen LogP contribution in [-0.2, 0) is 16.0 Å². The highest BCUT2D eigenvalue weighted by atomic mass is 16.5. The van der Waals surface area contributed by atoms with E-state index in [2.05, 4.69) is 15.4 Å². The van der Waals surface area contributed by atoms with Crippen LogP contribution in [0.1, 0.15) is 42.7 Å². The van der Waals surface area contributed by atoms with Gasteiger partial charge < -0.3 is 14.8 Å². The number of fused-ring (bicyclic) bond motifs is 1. The lowest BCUT2D eigenvalue weighted by Crippen LogP contribution is -2.29. The number of pyridine rings is 1. The Kier molecular flexibility index (Phi) is 5.14. The summed E-state index contributed by atoms with van der Waals surface area (Å²) < 4.78 is 12.3. The molecule has 8 nitrogen and oxygen atoms in total. The number of nitriles is 1. The van der Waals surface area contributed by atoms with E-state index in [4.69, 9.17) is 9.47 Å². The first kappa shape index (κ1) is 17.2. The first-order valence-electron chi connectivity index (χ1n) is 8.50. The van der Waals surface area contributed by atoms with Crippen molar-refractivity contribution in [3.8, 4) is 6.07 Å². The van der Waals surface area contributed by atoms with Gasteiger partial charge in [-0.05, 0) is 26.7 Å². The van der Waals surface area contributed by atoms with Crippen molar-refractivity contribution in [3.05, 3.63) is 17.5 Å². The van der Waals surface area contributed by atoms with Crippen LogP contribution in [0, 0.1) is 11.3 Å². The van der Waals surface area contributed by atoms with Gasteiger partial charge in [0.25, 0.3) is 0 Å². The monoisotopic (exact) mass is 343 g/mol. The molecule has 3 heterocycles. The lowest BCUT2D eigenvalue weighted by Gasteiger charge is -2.25. The molecule has 1 aliphatic rings. The molecule has 0 radical (unpaired) electrons. The summed E-state index contributed by atoms with van der Waals surface area (Å²) in [5.41, 5.74) is 1.39. The largest absolute Gasteiger partial charge is 0.462 e. The number of aryl methyl sites for hydroxylation is 1. The number of ether oxygens (including phenoxy) is 2. The van der Waals surface area contributed by atoms with E-state index in [0.29, 0.717) is 31.1 Å². The van der Waals surface area contributed by atoms with Gasteiger partial charge in [-0.2, -0.15) is 10.4 Å². The lowest BCUT2D eigenvalue weighted by molar-refractivity contribution is 0.0526. The molecule has 25 heavy (non-hydrogen) atoms. The van der Waals surface area contributed by atoms with E-state index in [-0.39, 0.29) is 23.9 Å². The normalized spacial score (nSPS) is 15.1. The van der Waals surface area contributed by atoms with E-state index in [1.807, 2.05) is 13.0 Å². The van der Waals surface area contributed by atoms with Gasteiger partial charge in [-0.25, -0.2) is 14.5 Å². The Hall–Kier alpha value is -2.66. The van der Waals surface area contributed by atoms with E-state index < -0.39 is 5.97 Å². The molecule has 3 rings (SSSR count). The van der Waals surface area contributed by atoms with Gasteiger partial charge in [-0.3, -0.25) is 0 Å². The summed E-state index contributed by atoms with van der Waals surface area (Å²) >= 11 is 0. The molecule has 0 spiro atoms. The van der Waals surface area contributed by atoms with Gasteiger partial charge >= 0.3 is 5.97 Å². The molecule has 0 bridgehead atoms. The third-order valence-electron chi connectivity index (χ3n) is 4.24. The predicted molar refractivity (Wildman–Crippen MR) is 91.3 cm³/mol. The molecule has 0 aromatic carbocycles. The Balaban J connectivity index is 2.16. The molecule has 132 valence electrons. The quantitative estimate of drug-likeness (QED) is 0.829. The molecule has 1 fully saturated rings. The van der Waals surface area contributed by atoms with Crippen molar-refractivity contribution >= 4 is 22.7 Å². The Morgan fingerprint density at radius 1 is 1.48 bits per heavy atom. The summed E-state index contributed by atoms with van der Waals surface area (Å²) in [6.45, 7) is 5.87. The van der Waals surface area contributed by atoms with Crippen LogP contribution in [0.5, 0.6) is 0 Å². The standard InChI is InChI=1S/C17H21N5O3/c1-3-22-16-12(10-19-22)15(20-11-5-7-24-8-6-11)14(13(9-18)21-16)17(23)25-4-2/h10-11H,3-8H2,1-2H3,(H,20,21). The average molecular weight is 343 g/mol. The number of aromatic nitrogens is 3. The molecule has 0 unspecified atom stereocenters. The molecule has 2 aromatic rings. The SMILES string of the molecule is CCOC(=O)c1c(C#N)nc2c(cnn2CC)c1NC1CCOCC1. The number of rotatable bonds is 5. The van der Waals surface area contributed by atoms with Gasteiger partial charge in [0.15, 0.2) is 11.3 Å². The molecule has 0 amide bonds. The van der Waals surface area contributed by atoms with Crippen LogP contribution in [0.15, 0.2) is 6.20 Å². The molecule has 1 aliphatic heterocycles. The molecular weight excluding hydrogens is 322 g/mol. The van der Waals surface area contributed by atoms with Gasteiger partial charge in [-0.1, -0.05) is 0 Å². The minimum atomic E-state index is -0.549. The number of nitrogens with zero attached hydrogens (tertiary/aromatic N) is 4. The van der Waals surface area contributed by atoms with Gasteiger partial charge in [0, 0.05) is 25.8 Å². The van der Waals surface area contributed by atoms with Crippen molar-refractivity contribution in [1.29, 1.82) is 5.26 Å². The summed E-state index contributed by atoms with van der Waals surface area (Å²) in [5, 5.41) is 18.0. The first-order valence-corrected chi connectivity index (χ1v) is 8.50. The number of carbonyl (C=O) groups is 1. The lowest BCUT2D eigenvalue weighted by atomic mass is 10.0. The molecule has 8 heteroatoms. The smallest absolute Gasteiger partial charge is 0.343 e. The fourth-order valence-corrected chi connectivity index (χ4v) is 3.00. The summed E-state index contributed by atoms with van der Waals surface area (Å²) in [7, 11) is 0. The van der Waals surface area contributed by atoms with Crippen LogP contribution in [0.3, 0.4) is 0 Å². The van der Waals surface area contributed by atoms with E-state index in [0.717, 1.165) is 18.2 Å². The maximum Gasteiger partial charge on any atom is 0.343 e. The number of hydrogen-bond acceptors (Lipinski definition) is 7. The second-order valence-corrected chi connectivity index (χ2v) is 5.77. The summed E-state index contributed by atoms with van der Waals surface area (Å²) in [4.78, 5) is 16.9. The Morgan fingerprint density at radius 2 is 2.24 bits per heavy atom. The molecule has 0 saturated carbocycles. The summed E-state index contributed by atoms with van der Waals surface area (Å²) in [5.74, 6) is -0.549. The van der Waals surface area contributed by atoms with Crippen LogP contribution in [0.25, 0.3) is 11.0 Å². The van der Waals surface area contributed by atoms with Gasteiger partial charge in [0.1, 0.15) is 11.6 Å². The number of esters is 1. The second kappa shape index (κ2) is 7.49. The Morgan fingerprint density at radius 3 is 2.88 bits per heavy atom. The zero-order valence-electron chi connectivity index (χ0n) is 14.4. The van der Waals surface area contributed by atoms with E-state index >= 15 is 0 Å². The predicted octanol–water partition coefficient (Wildman–Crippen LogP) is 2.09. The second-order valence-electron chi connectivity index (χ2n) is 5.77. The maximum absolute atomic E-state index is 12.5. The minimum absolute atomic E-state index is 0.0516. The fourth-order valence-electron chi connectivity index (χ4n) is 3.00. The van der Waals surface area contributed by atoms with Gasteiger partial charge in [0.05, 0.1) is 23.9 Å². The zero-order valence-corrected chi connectivity index (χ0v) is 14.4. The van der Waals surface area contributed by atoms with Crippen LogP contribution >= 0.6 is 0 Å². The Labute approximate surface area is 145 Å². The average Bonchev–Trinajstić information content (AvgIpc) is 3.05. The maximum atomic E-state index is 12.5. The van der Waals surface area contributed by atoms with Crippen LogP contribution < -0.4 is 5.32 Å². The molecule has 0 aliphatic carbocycles. The molecule has 1 saturated heterocycles. The van der Waals surface area contributed by atoms with Crippen LogP contribution in [0.4, 0.5) is 5.69 Å². The van der Waals surface area contributed by atoms with E-state index in [1.54, 1.807) is 17.8 Å². The molecular formula is C17H21N5O3. The Bertz CT molecular complexity index is 818. The third kappa shape index (κ3) is 3.28. The van der Waals surface area contributed by atoms with Crippen molar-refractivity contribution in [1.82, 2.24) is 14.8 Å². The molecule has 0 atom stereocenters. The van der Waals surface area contributed by atoms with Crippen molar-refractivity contribution in [3.63, 3.8) is 0 Å². The van der Waals surface area contributed by atoms with Gasteiger partial charge in [-0.15, -0.1) is 0 Å². The highest BCUT2D eigenvalue weighted by Crippen LogP contribution is 2.31. The number of carbonyl (C=O) groups excluding carboxylic acids is 1. The van der Waals surface area contributed by atoms with Gasteiger partial charge in [0.2, 0.25) is 0 Å². The van der Waals surface area contributed by atoms with Crippen molar-refractivity contribution < 1.29 is 14.3 Å². The van der Waals surface area contributed by atoms with E-state index in [9.17, 15) is 10.1 Å². The summed E-state index contributed by atoms with van der Waals surface area (Å²) in [6.07, 6.45) is 3.34. The highest BCUT2D eigenvalue weighted by Gasteiger charge is 2.26. The number of anilines is 1. The summed E-state index contributed by atoms with van der Waals surface area (Å²) in [6, 6.07) is 2.18. The third-order valence-corrected chi connectivity index (χ3v) is 4.24.